The predicted octanol–water partition coefficient (Wildman–Crippen LogP) is 2.80. The van der Waals surface area contributed by atoms with Crippen LogP contribution in [0.25, 0.3) is 5.69 Å². The second-order valence-corrected chi connectivity index (χ2v) is 6.55. The first-order valence-corrected chi connectivity index (χ1v) is 8.34. The van der Waals surface area contributed by atoms with E-state index in [2.05, 4.69) is 22.4 Å². The van der Waals surface area contributed by atoms with Gasteiger partial charge in [-0.3, -0.25) is 4.79 Å². The highest BCUT2D eigenvalue weighted by Gasteiger charge is 2.24. The average Bonchev–Trinajstić information content (AvgIpc) is 2.85. The van der Waals surface area contributed by atoms with Crippen molar-refractivity contribution in [2.24, 2.45) is 0 Å². The quantitative estimate of drug-likeness (QED) is 0.926. The van der Waals surface area contributed by atoms with E-state index in [1.165, 1.54) is 16.8 Å². The summed E-state index contributed by atoms with van der Waals surface area (Å²) in [7, 11) is 2.08. The van der Waals surface area contributed by atoms with Gasteiger partial charge in [-0.15, -0.1) is 0 Å². The SMILES string of the molecule is Cc1nn(-c2ccc(F)cc2)c(Cl)c1C(=O)NC1CCN(C)CC1. The van der Waals surface area contributed by atoms with Gasteiger partial charge in [-0.2, -0.15) is 5.10 Å². The Morgan fingerprint density at radius 2 is 1.92 bits per heavy atom. The van der Waals surface area contributed by atoms with E-state index in [-0.39, 0.29) is 22.9 Å². The van der Waals surface area contributed by atoms with Crippen molar-refractivity contribution >= 4 is 17.5 Å². The van der Waals surface area contributed by atoms with Gasteiger partial charge >= 0.3 is 0 Å². The summed E-state index contributed by atoms with van der Waals surface area (Å²) in [6.45, 7) is 3.68. The van der Waals surface area contributed by atoms with Crippen LogP contribution in [0, 0.1) is 12.7 Å². The van der Waals surface area contributed by atoms with Gasteiger partial charge in [-0.1, -0.05) is 11.6 Å². The second kappa shape index (κ2) is 6.91. The van der Waals surface area contributed by atoms with Crippen LogP contribution < -0.4 is 5.32 Å². The Morgan fingerprint density at radius 3 is 2.54 bits per heavy atom. The lowest BCUT2D eigenvalue weighted by molar-refractivity contribution is 0.0916. The zero-order chi connectivity index (χ0) is 17.3. The van der Waals surface area contributed by atoms with Gasteiger partial charge < -0.3 is 10.2 Å². The molecule has 1 aliphatic rings. The van der Waals surface area contributed by atoms with Crippen LogP contribution >= 0.6 is 11.6 Å². The standard InChI is InChI=1S/C17H20ClFN4O/c1-11-15(17(24)20-13-7-9-22(2)10-8-13)16(18)23(21-11)14-5-3-12(19)4-6-14/h3-6,13H,7-10H2,1-2H3,(H,20,24). The number of carbonyl (C=O) groups excluding carboxylic acids is 1. The average molecular weight is 351 g/mol. The maximum atomic E-state index is 13.1. The zero-order valence-corrected chi connectivity index (χ0v) is 14.5. The first-order chi connectivity index (χ1) is 11.5. The molecule has 1 aromatic heterocycles. The molecule has 1 fully saturated rings. The van der Waals surface area contributed by atoms with E-state index in [9.17, 15) is 9.18 Å². The number of nitrogens with one attached hydrogen (secondary N) is 1. The number of halogens is 2. The molecule has 0 radical (unpaired) electrons. The molecule has 1 aliphatic heterocycles. The summed E-state index contributed by atoms with van der Waals surface area (Å²) in [5.41, 5.74) is 1.54. The number of carbonyl (C=O) groups is 1. The fraction of sp³-hybridized carbons (Fsp3) is 0.412. The number of hydrogen-bond acceptors (Lipinski definition) is 3. The van der Waals surface area contributed by atoms with Crippen molar-refractivity contribution in [3.8, 4) is 5.69 Å². The molecule has 1 N–H and O–H groups in total. The Labute approximate surface area is 145 Å². The number of likely N-dealkylation sites (tertiary alicyclic amines) is 1. The van der Waals surface area contributed by atoms with Gasteiger partial charge in [0, 0.05) is 6.04 Å². The highest BCUT2D eigenvalue weighted by atomic mass is 35.5. The van der Waals surface area contributed by atoms with Crippen molar-refractivity contribution in [1.29, 1.82) is 0 Å². The minimum atomic E-state index is -0.334. The van der Waals surface area contributed by atoms with E-state index in [0.29, 0.717) is 16.9 Å². The van der Waals surface area contributed by atoms with Gasteiger partial charge in [0.2, 0.25) is 0 Å². The Hall–Kier alpha value is -1.92. The summed E-state index contributed by atoms with van der Waals surface area (Å²) < 4.78 is 14.5. The third-order valence-electron chi connectivity index (χ3n) is 4.36. The van der Waals surface area contributed by atoms with E-state index >= 15 is 0 Å². The molecule has 2 aromatic rings. The van der Waals surface area contributed by atoms with Crippen molar-refractivity contribution in [3.63, 3.8) is 0 Å². The monoisotopic (exact) mass is 350 g/mol. The van der Waals surface area contributed by atoms with E-state index < -0.39 is 0 Å². The van der Waals surface area contributed by atoms with Gasteiger partial charge in [0.15, 0.2) is 0 Å². The molecule has 0 atom stereocenters. The molecule has 1 aromatic carbocycles. The second-order valence-electron chi connectivity index (χ2n) is 6.19. The van der Waals surface area contributed by atoms with Crippen molar-refractivity contribution < 1.29 is 9.18 Å². The van der Waals surface area contributed by atoms with Gasteiger partial charge in [0.1, 0.15) is 11.0 Å². The number of aromatic nitrogens is 2. The van der Waals surface area contributed by atoms with Crippen molar-refractivity contribution in [2.75, 3.05) is 20.1 Å². The molecule has 0 saturated carbocycles. The molecule has 24 heavy (non-hydrogen) atoms. The molecule has 0 unspecified atom stereocenters. The number of aryl methyl sites for hydroxylation is 1. The van der Waals surface area contributed by atoms with Crippen LogP contribution in [-0.4, -0.2) is 46.8 Å². The number of amides is 1. The molecule has 0 aliphatic carbocycles. The van der Waals surface area contributed by atoms with Crippen molar-refractivity contribution in [1.82, 2.24) is 20.0 Å². The molecule has 0 spiro atoms. The molecule has 7 heteroatoms. The summed E-state index contributed by atoms with van der Waals surface area (Å²) in [5.74, 6) is -0.542. The van der Waals surface area contributed by atoms with Crippen LogP contribution in [0.2, 0.25) is 5.15 Å². The smallest absolute Gasteiger partial charge is 0.256 e. The molecular weight excluding hydrogens is 331 g/mol. The van der Waals surface area contributed by atoms with Crippen LogP contribution in [-0.2, 0) is 0 Å². The molecule has 5 nitrogen and oxygen atoms in total. The molecule has 1 amide bonds. The van der Waals surface area contributed by atoms with Crippen LogP contribution in [0.5, 0.6) is 0 Å². The number of nitrogens with zero attached hydrogens (tertiary/aromatic N) is 3. The lowest BCUT2D eigenvalue weighted by atomic mass is 10.1. The lowest BCUT2D eigenvalue weighted by Gasteiger charge is -2.29. The van der Waals surface area contributed by atoms with Gasteiger partial charge in [-0.05, 0) is 64.2 Å². The Morgan fingerprint density at radius 1 is 1.29 bits per heavy atom. The molecule has 2 heterocycles. The topological polar surface area (TPSA) is 50.2 Å². The molecule has 1 saturated heterocycles. The molecule has 128 valence electrons. The predicted molar refractivity (Wildman–Crippen MR) is 91.3 cm³/mol. The molecule has 0 bridgehead atoms. The van der Waals surface area contributed by atoms with Crippen LogP contribution in [0.4, 0.5) is 4.39 Å². The van der Waals surface area contributed by atoms with Crippen LogP contribution in [0.1, 0.15) is 28.9 Å². The van der Waals surface area contributed by atoms with E-state index in [1.54, 1.807) is 19.1 Å². The Bertz CT molecular complexity index is 736. The van der Waals surface area contributed by atoms with E-state index in [1.807, 2.05) is 0 Å². The summed E-state index contributed by atoms with van der Waals surface area (Å²) in [4.78, 5) is 14.9. The lowest BCUT2D eigenvalue weighted by Crippen LogP contribution is -2.43. The first kappa shape index (κ1) is 16.9. The highest BCUT2D eigenvalue weighted by Crippen LogP contribution is 2.24. The minimum absolute atomic E-state index is 0.151. The summed E-state index contributed by atoms with van der Waals surface area (Å²) in [5, 5.41) is 7.62. The number of hydrogen-bond donors (Lipinski definition) is 1. The Balaban J connectivity index is 1.81. The number of rotatable bonds is 3. The van der Waals surface area contributed by atoms with Crippen LogP contribution in [0.3, 0.4) is 0 Å². The maximum Gasteiger partial charge on any atom is 0.256 e. The normalized spacial score (nSPS) is 16.3. The molecule has 3 rings (SSSR count). The van der Waals surface area contributed by atoms with E-state index in [0.717, 1.165) is 25.9 Å². The minimum Gasteiger partial charge on any atom is -0.349 e. The summed E-state index contributed by atoms with van der Waals surface area (Å²) in [6.07, 6.45) is 1.84. The van der Waals surface area contributed by atoms with Gasteiger partial charge in [0.25, 0.3) is 5.91 Å². The maximum absolute atomic E-state index is 13.1. The van der Waals surface area contributed by atoms with Gasteiger partial charge in [0.05, 0.1) is 16.9 Å². The van der Waals surface area contributed by atoms with E-state index in [4.69, 9.17) is 11.6 Å². The number of benzene rings is 1. The fourth-order valence-corrected chi connectivity index (χ4v) is 3.28. The largest absolute Gasteiger partial charge is 0.349 e. The summed E-state index contributed by atoms with van der Waals surface area (Å²) >= 11 is 6.38. The zero-order valence-electron chi connectivity index (χ0n) is 13.7. The van der Waals surface area contributed by atoms with Crippen molar-refractivity contribution in [3.05, 3.63) is 46.5 Å². The van der Waals surface area contributed by atoms with Crippen molar-refractivity contribution in [2.45, 2.75) is 25.8 Å². The van der Waals surface area contributed by atoms with Gasteiger partial charge in [-0.25, -0.2) is 9.07 Å². The summed E-state index contributed by atoms with van der Waals surface area (Å²) in [6, 6.07) is 5.97. The fourth-order valence-electron chi connectivity index (χ4n) is 2.92. The third kappa shape index (κ3) is 3.44. The highest BCUT2D eigenvalue weighted by molar-refractivity contribution is 6.33. The third-order valence-corrected chi connectivity index (χ3v) is 4.71. The first-order valence-electron chi connectivity index (χ1n) is 7.96. The Kier molecular flexibility index (Phi) is 4.87. The number of piperidine rings is 1. The molecular formula is C17H20ClFN4O. The van der Waals surface area contributed by atoms with Crippen LogP contribution in [0.15, 0.2) is 24.3 Å².